The number of carbonyl (C=O) groups is 1. The Balaban J connectivity index is 1.42. The molecule has 144 valence electrons. The van der Waals surface area contributed by atoms with Crippen LogP contribution in [-0.4, -0.2) is 5.78 Å². The van der Waals surface area contributed by atoms with E-state index in [1.165, 1.54) is 70.6 Å². The minimum atomic E-state index is 0.420. The third-order valence-electron chi connectivity index (χ3n) is 8.13. The van der Waals surface area contributed by atoms with Gasteiger partial charge in [0.1, 0.15) is 5.78 Å². The highest BCUT2D eigenvalue weighted by atomic mass is 16.1. The molecule has 1 heteroatoms. The van der Waals surface area contributed by atoms with Crippen LogP contribution in [0.5, 0.6) is 0 Å². The Morgan fingerprint density at radius 1 is 0.720 bits per heavy atom. The minimum Gasteiger partial charge on any atom is -0.299 e. The van der Waals surface area contributed by atoms with Crippen LogP contribution in [0.2, 0.25) is 0 Å². The van der Waals surface area contributed by atoms with Gasteiger partial charge in [-0.05, 0) is 93.8 Å². The van der Waals surface area contributed by atoms with Gasteiger partial charge < -0.3 is 0 Å². The standard InChI is InChI=1S/C24H42O/c1-3-5-7-24(25)20-12-10-19(11-13-20)22-15-14-21-16-18(6-4-2)8-9-23(21)17-22/h18-23H,3-17H2,1-2H3/t18-,19?,20?,21-,22+,23+/m0/s1. The van der Waals surface area contributed by atoms with Gasteiger partial charge in [0, 0.05) is 12.3 Å². The lowest BCUT2D eigenvalue weighted by Gasteiger charge is -2.45. The van der Waals surface area contributed by atoms with E-state index in [9.17, 15) is 4.79 Å². The summed E-state index contributed by atoms with van der Waals surface area (Å²) in [6.45, 7) is 4.54. The molecule has 3 saturated carbocycles. The third-order valence-corrected chi connectivity index (χ3v) is 8.13. The van der Waals surface area contributed by atoms with Crippen LogP contribution in [0.15, 0.2) is 0 Å². The molecule has 0 radical (unpaired) electrons. The quantitative estimate of drug-likeness (QED) is 0.477. The van der Waals surface area contributed by atoms with Crippen molar-refractivity contribution in [3.8, 4) is 0 Å². The highest BCUT2D eigenvalue weighted by Gasteiger charge is 2.39. The number of unbranched alkanes of at least 4 members (excludes halogenated alkanes) is 1. The van der Waals surface area contributed by atoms with Gasteiger partial charge in [-0.15, -0.1) is 0 Å². The molecule has 3 rings (SSSR count). The van der Waals surface area contributed by atoms with Crippen LogP contribution in [0.25, 0.3) is 0 Å². The zero-order valence-corrected chi connectivity index (χ0v) is 17.0. The molecule has 4 atom stereocenters. The molecule has 0 unspecified atom stereocenters. The SMILES string of the molecule is CCCCC(=O)C1CCC([C@@H]2CC[C@H]3C[C@@H](CCC)CC[C@@H]3C2)CC1. The average Bonchev–Trinajstić information content (AvgIpc) is 2.66. The van der Waals surface area contributed by atoms with Crippen LogP contribution in [-0.2, 0) is 4.79 Å². The second-order valence-electron chi connectivity index (χ2n) is 9.74. The molecule has 0 bridgehead atoms. The lowest BCUT2D eigenvalue weighted by Crippen LogP contribution is -2.35. The summed E-state index contributed by atoms with van der Waals surface area (Å²) in [6.07, 6.45) is 20.2. The van der Waals surface area contributed by atoms with Crippen molar-refractivity contribution in [2.45, 2.75) is 110 Å². The summed E-state index contributed by atoms with van der Waals surface area (Å²) in [5.74, 6) is 6.11. The van der Waals surface area contributed by atoms with Crippen molar-refractivity contribution in [3.05, 3.63) is 0 Å². The number of Topliss-reactive ketones (excluding diaryl/α,β-unsaturated/α-hetero) is 1. The maximum atomic E-state index is 12.3. The number of fused-ring (bicyclic) bond motifs is 1. The lowest BCUT2D eigenvalue weighted by molar-refractivity contribution is -0.124. The molecular formula is C24H42O. The van der Waals surface area contributed by atoms with Gasteiger partial charge in [-0.25, -0.2) is 0 Å². The fraction of sp³-hybridized carbons (Fsp3) is 0.958. The summed E-state index contributed by atoms with van der Waals surface area (Å²) in [5, 5.41) is 0. The van der Waals surface area contributed by atoms with E-state index in [2.05, 4.69) is 13.8 Å². The summed E-state index contributed by atoms with van der Waals surface area (Å²) < 4.78 is 0. The van der Waals surface area contributed by atoms with Crippen molar-refractivity contribution in [1.29, 1.82) is 0 Å². The number of hydrogen-bond acceptors (Lipinski definition) is 1. The average molecular weight is 347 g/mol. The normalized spacial score (nSPS) is 39.0. The number of rotatable bonds is 7. The van der Waals surface area contributed by atoms with Crippen LogP contribution < -0.4 is 0 Å². The molecule has 0 amide bonds. The van der Waals surface area contributed by atoms with Gasteiger partial charge in [0.05, 0.1) is 0 Å². The highest BCUT2D eigenvalue weighted by Crippen LogP contribution is 2.49. The predicted octanol–water partition coefficient (Wildman–Crippen LogP) is 7.18. The summed E-state index contributed by atoms with van der Waals surface area (Å²) in [4.78, 5) is 12.3. The van der Waals surface area contributed by atoms with Gasteiger partial charge in [0.25, 0.3) is 0 Å². The first-order chi connectivity index (χ1) is 12.2. The fourth-order valence-corrected chi connectivity index (χ4v) is 6.59. The molecule has 25 heavy (non-hydrogen) atoms. The predicted molar refractivity (Wildman–Crippen MR) is 107 cm³/mol. The summed E-state index contributed by atoms with van der Waals surface area (Å²) in [7, 11) is 0. The minimum absolute atomic E-state index is 0.420. The van der Waals surface area contributed by atoms with E-state index in [1.807, 2.05) is 0 Å². The van der Waals surface area contributed by atoms with Crippen molar-refractivity contribution < 1.29 is 4.79 Å². The lowest BCUT2D eigenvalue weighted by atomic mass is 9.60. The van der Waals surface area contributed by atoms with E-state index >= 15 is 0 Å². The van der Waals surface area contributed by atoms with Crippen LogP contribution in [0.3, 0.4) is 0 Å². The van der Waals surface area contributed by atoms with Gasteiger partial charge in [-0.3, -0.25) is 4.79 Å². The molecule has 0 aromatic rings. The molecule has 0 aromatic heterocycles. The topological polar surface area (TPSA) is 17.1 Å². The van der Waals surface area contributed by atoms with E-state index in [-0.39, 0.29) is 0 Å². The molecular weight excluding hydrogens is 304 g/mol. The molecule has 0 aliphatic heterocycles. The Morgan fingerprint density at radius 2 is 1.32 bits per heavy atom. The first-order valence-corrected chi connectivity index (χ1v) is 11.7. The Labute approximate surface area is 156 Å². The number of carbonyl (C=O) groups excluding carboxylic acids is 1. The number of ketones is 1. The van der Waals surface area contributed by atoms with Gasteiger partial charge in [-0.2, -0.15) is 0 Å². The van der Waals surface area contributed by atoms with Crippen LogP contribution in [0, 0.1) is 35.5 Å². The van der Waals surface area contributed by atoms with Gasteiger partial charge in [0.2, 0.25) is 0 Å². The van der Waals surface area contributed by atoms with Crippen molar-refractivity contribution in [3.63, 3.8) is 0 Å². The molecule has 0 spiro atoms. The Bertz CT molecular complexity index is 406. The maximum absolute atomic E-state index is 12.3. The summed E-state index contributed by atoms with van der Waals surface area (Å²) in [6, 6.07) is 0. The molecule has 3 aliphatic carbocycles. The summed E-state index contributed by atoms with van der Waals surface area (Å²) >= 11 is 0. The van der Waals surface area contributed by atoms with Gasteiger partial charge in [0.15, 0.2) is 0 Å². The Morgan fingerprint density at radius 3 is 2.00 bits per heavy atom. The molecule has 0 saturated heterocycles. The van der Waals surface area contributed by atoms with Crippen molar-refractivity contribution in [2.75, 3.05) is 0 Å². The van der Waals surface area contributed by atoms with E-state index in [0.29, 0.717) is 11.7 Å². The molecule has 3 aliphatic rings. The summed E-state index contributed by atoms with van der Waals surface area (Å²) in [5.41, 5.74) is 0. The van der Waals surface area contributed by atoms with E-state index in [4.69, 9.17) is 0 Å². The first kappa shape index (κ1) is 19.4. The largest absolute Gasteiger partial charge is 0.299 e. The second kappa shape index (κ2) is 9.56. The van der Waals surface area contributed by atoms with Crippen molar-refractivity contribution in [2.24, 2.45) is 35.5 Å². The molecule has 0 N–H and O–H groups in total. The molecule has 3 fully saturated rings. The fourth-order valence-electron chi connectivity index (χ4n) is 6.59. The molecule has 1 nitrogen and oxygen atoms in total. The zero-order chi connectivity index (χ0) is 17.6. The monoisotopic (exact) mass is 346 g/mol. The molecule has 0 heterocycles. The third kappa shape index (κ3) is 5.10. The maximum Gasteiger partial charge on any atom is 0.135 e. The highest BCUT2D eigenvalue weighted by molar-refractivity contribution is 5.81. The second-order valence-corrected chi connectivity index (χ2v) is 9.74. The Hall–Kier alpha value is -0.330. The zero-order valence-electron chi connectivity index (χ0n) is 17.0. The Kier molecular flexibility index (Phi) is 7.43. The first-order valence-electron chi connectivity index (χ1n) is 11.7. The smallest absolute Gasteiger partial charge is 0.135 e. The van der Waals surface area contributed by atoms with Gasteiger partial charge >= 0.3 is 0 Å². The van der Waals surface area contributed by atoms with E-state index in [1.54, 1.807) is 6.42 Å². The van der Waals surface area contributed by atoms with Gasteiger partial charge in [-0.1, -0.05) is 39.5 Å². The molecule has 0 aromatic carbocycles. The van der Waals surface area contributed by atoms with E-state index < -0.39 is 0 Å². The van der Waals surface area contributed by atoms with Crippen molar-refractivity contribution >= 4 is 5.78 Å². The van der Waals surface area contributed by atoms with Crippen LogP contribution in [0.1, 0.15) is 110 Å². The van der Waals surface area contributed by atoms with Crippen LogP contribution in [0.4, 0.5) is 0 Å². The van der Waals surface area contributed by atoms with Crippen molar-refractivity contribution in [1.82, 2.24) is 0 Å². The van der Waals surface area contributed by atoms with Crippen LogP contribution >= 0.6 is 0 Å². The number of hydrogen-bond donors (Lipinski definition) is 0. The van der Waals surface area contributed by atoms with E-state index in [0.717, 1.165) is 48.9 Å².